The van der Waals surface area contributed by atoms with Crippen molar-refractivity contribution in [1.29, 1.82) is 0 Å². The molecule has 14 N–H and O–H groups in total. The summed E-state index contributed by atoms with van der Waals surface area (Å²) in [4.78, 5) is 25.1. The summed E-state index contributed by atoms with van der Waals surface area (Å²) in [5.74, 6) is -2.39. The lowest BCUT2D eigenvalue weighted by atomic mass is 10.1. The smallest absolute Gasteiger partial charge is 0.332 e. The number of carboxylic acid groups (broad SMARTS) is 1. The van der Waals surface area contributed by atoms with Gasteiger partial charge in [0.05, 0.1) is 136 Å². The molecule has 0 aliphatic carbocycles. The lowest BCUT2D eigenvalue weighted by Gasteiger charge is -2.30. The third kappa shape index (κ3) is 32.7. The lowest BCUT2D eigenvalue weighted by molar-refractivity contribution is -0.149. The van der Waals surface area contributed by atoms with Crippen LogP contribution < -0.4 is 0 Å². The molecular weight excluding hydrogens is 842 g/mol. The highest BCUT2D eigenvalue weighted by Gasteiger charge is 2.28. The number of carbonyl (C=O) groups is 2. The van der Waals surface area contributed by atoms with Crippen molar-refractivity contribution in [1.82, 2.24) is 4.90 Å². The van der Waals surface area contributed by atoms with Crippen LogP contribution in [0.15, 0.2) is 0 Å². The first kappa shape index (κ1) is 60.1. The molecule has 0 aromatic heterocycles. The number of amides is 1. The standard InChI is InChI=1S/C37H73NO24/c1-23(3-25(41)21-61-24(2)4-34(50)37(53)54)62-22-35(51)36(52)38(5-26(42)9-55-13-30(46)17-59-19-32(48)15-57-11-28(44)7-39)6-27(43)10-56-14-31(47)18-60-20-33(49)16-58-12-29(45)8-40/h23-35,39-51H,3-22H2,1-2H3,(H,53,54). The number of carbonyl (C=O) groups excluding carboxylic acids is 1. The Morgan fingerprint density at radius 2 is 0.710 bits per heavy atom. The van der Waals surface area contributed by atoms with Gasteiger partial charge in [-0.3, -0.25) is 4.79 Å². The zero-order chi connectivity index (χ0) is 47.0. The quantitative estimate of drug-likeness (QED) is 0.0270. The average molecular weight is 916 g/mol. The van der Waals surface area contributed by atoms with Crippen LogP contribution in [-0.2, 0) is 47.5 Å². The largest absolute Gasteiger partial charge is 0.479 e. The van der Waals surface area contributed by atoms with Crippen molar-refractivity contribution in [2.45, 2.75) is 106 Å². The molecule has 0 radical (unpaired) electrons. The van der Waals surface area contributed by atoms with Gasteiger partial charge in [-0.25, -0.2) is 4.79 Å². The maximum atomic E-state index is 13.3. The van der Waals surface area contributed by atoms with Crippen LogP contribution in [0.3, 0.4) is 0 Å². The van der Waals surface area contributed by atoms with Gasteiger partial charge in [0.2, 0.25) is 0 Å². The minimum absolute atomic E-state index is 0.0183. The van der Waals surface area contributed by atoms with E-state index in [4.69, 9.17) is 53.2 Å². The van der Waals surface area contributed by atoms with Crippen molar-refractivity contribution < 1.29 is 119 Å². The molecule has 0 saturated heterocycles. The number of hydrogen-bond donors (Lipinski definition) is 14. The molecule has 25 heteroatoms. The molecule has 0 rings (SSSR count). The first-order valence-corrected chi connectivity index (χ1v) is 20.2. The molecule has 0 bridgehead atoms. The van der Waals surface area contributed by atoms with E-state index in [1.54, 1.807) is 6.92 Å². The van der Waals surface area contributed by atoms with Crippen LogP contribution in [0.5, 0.6) is 0 Å². The Morgan fingerprint density at radius 1 is 0.403 bits per heavy atom. The minimum Gasteiger partial charge on any atom is -0.479 e. The number of aliphatic carboxylic acids is 1. The van der Waals surface area contributed by atoms with Crippen LogP contribution in [-0.4, -0.2) is 286 Å². The number of nitrogens with zero attached hydrogens (tertiary/aromatic N) is 1. The normalized spacial score (nSPS) is 18.4. The molecular formula is C37H73NO24. The SMILES string of the molecule is CC(CC(O)COC(C)CC(O)C(=O)O)OCC(O)C(=O)N(CC(O)COCC(O)COCC(O)COCC(O)CO)CC(O)COCC(O)COCC(O)COCC(O)CO. The second-order valence-electron chi connectivity index (χ2n) is 14.8. The van der Waals surface area contributed by atoms with E-state index in [0.29, 0.717) is 0 Å². The van der Waals surface area contributed by atoms with Crippen molar-refractivity contribution in [3.8, 4) is 0 Å². The fraction of sp³-hybridized carbons (Fsp3) is 0.946. The van der Waals surface area contributed by atoms with E-state index in [1.807, 2.05) is 0 Å². The van der Waals surface area contributed by atoms with Crippen LogP contribution in [0.2, 0.25) is 0 Å². The summed E-state index contributed by atoms with van der Waals surface area (Å²) in [7, 11) is 0. The molecule has 13 atom stereocenters. The molecule has 0 aromatic carbocycles. The Morgan fingerprint density at radius 3 is 1.05 bits per heavy atom. The van der Waals surface area contributed by atoms with Gasteiger partial charge in [0.25, 0.3) is 5.91 Å². The Balaban J connectivity index is 5.10. The first-order chi connectivity index (χ1) is 29.3. The number of rotatable bonds is 42. The molecule has 0 spiro atoms. The minimum atomic E-state index is -1.82. The van der Waals surface area contributed by atoms with Crippen LogP contribution in [0, 0.1) is 0 Å². The van der Waals surface area contributed by atoms with Gasteiger partial charge in [0.15, 0.2) is 12.2 Å². The maximum absolute atomic E-state index is 13.3. The van der Waals surface area contributed by atoms with E-state index in [2.05, 4.69) is 0 Å². The zero-order valence-electron chi connectivity index (χ0n) is 35.4. The topological polar surface area (TPSA) is 394 Å². The maximum Gasteiger partial charge on any atom is 0.332 e. The van der Waals surface area contributed by atoms with Crippen LogP contribution in [0.4, 0.5) is 0 Å². The van der Waals surface area contributed by atoms with E-state index in [-0.39, 0.29) is 85.5 Å². The number of aliphatic hydroxyl groups is 13. The summed E-state index contributed by atoms with van der Waals surface area (Å²) in [5.41, 5.74) is 0. The Kier molecular flexibility index (Phi) is 35.2. The monoisotopic (exact) mass is 915 g/mol. The summed E-state index contributed by atoms with van der Waals surface area (Å²) in [6.45, 7) is -3.03. The van der Waals surface area contributed by atoms with E-state index in [1.165, 1.54) is 6.92 Å². The molecule has 370 valence electrons. The molecule has 0 fully saturated rings. The molecule has 0 heterocycles. The van der Waals surface area contributed by atoms with Crippen molar-refractivity contribution in [2.75, 3.05) is 119 Å². The number of ether oxygens (including phenoxy) is 8. The molecule has 0 saturated carbocycles. The Bertz CT molecular complexity index is 1050. The number of aliphatic hydroxyl groups excluding tert-OH is 13. The highest BCUT2D eigenvalue weighted by Crippen LogP contribution is 2.10. The summed E-state index contributed by atoms with van der Waals surface area (Å²) >= 11 is 0. The number of carboxylic acids is 1. The van der Waals surface area contributed by atoms with E-state index in [0.717, 1.165) is 4.90 Å². The molecule has 1 amide bonds. The summed E-state index contributed by atoms with van der Waals surface area (Å²) in [5, 5.41) is 137. The molecule has 25 nitrogen and oxygen atoms in total. The van der Waals surface area contributed by atoms with Crippen LogP contribution >= 0.6 is 0 Å². The second kappa shape index (κ2) is 36.3. The molecule has 62 heavy (non-hydrogen) atoms. The fourth-order valence-electron chi connectivity index (χ4n) is 5.02. The molecule has 0 aromatic rings. The number of hydrogen-bond acceptors (Lipinski definition) is 23. The van der Waals surface area contributed by atoms with Crippen molar-refractivity contribution >= 4 is 11.9 Å². The fourth-order valence-corrected chi connectivity index (χ4v) is 5.02. The van der Waals surface area contributed by atoms with E-state index < -0.39 is 137 Å². The van der Waals surface area contributed by atoms with E-state index >= 15 is 0 Å². The summed E-state index contributed by atoms with van der Waals surface area (Å²) < 4.78 is 42.0. The summed E-state index contributed by atoms with van der Waals surface area (Å²) in [6.07, 6.45) is -15.7. The van der Waals surface area contributed by atoms with Gasteiger partial charge in [-0.2, -0.15) is 0 Å². The van der Waals surface area contributed by atoms with Gasteiger partial charge in [0, 0.05) is 25.9 Å². The Hall–Kier alpha value is -1.90. The van der Waals surface area contributed by atoms with Crippen molar-refractivity contribution in [3.63, 3.8) is 0 Å². The molecule has 0 aliphatic heterocycles. The van der Waals surface area contributed by atoms with Gasteiger partial charge in [-0.1, -0.05) is 0 Å². The second-order valence-corrected chi connectivity index (χ2v) is 14.8. The highest BCUT2D eigenvalue weighted by molar-refractivity contribution is 5.80. The van der Waals surface area contributed by atoms with Gasteiger partial charge >= 0.3 is 5.97 Å². The molecule has 0 aliphatic rings. The van der Waals surface area contributed by atoms with Crippen LogP contribution in [0.25, 0.3) is 0 Å². The zero-order valence-corrected chi connectivity index (χ0v) is 35.4. The van der Waals surface area contributed by atoms with Gasteiger partial charge in [-0.15, -0.1) is 0 Å². The van der Waals surface area contributed by atoms with E-state index in [9.17, 15) is 65.8 Å². The molecule has 13 unspecified atom stereocenters. The first-order valence-electron chi connectivity index (χ1n) is 20.2. The highest BCUT2D eigenvalue weighted by atomic mass is 16.5. The summed E-state index contributed by atoms with van der Waals surface area (Å²) in [6, 6.07) is 0. The lowest BCUT2D eigenvalue weighted by Crippen LogP contribution is -2.49. The Labute approximate surface area is 360 Å². The van der Waals surface area contributed by atoms with Gasteiger partial charge in [0.1, 0.15) is 36.6 Å². The predicted molar refractivity (Wildman–Crippen MR) is 209 cm³/mol. The third-order valence-corrected chi connectivity index (χ3v) is 8.16. The van der Waals surface area contributed by atoms with Gasteiger partial charge < -0.3 is 114 Å². The predicted octanol–water partition coefficient (Wildman–Crippen LogP) is -7.46. The van der Waals surface area contributed by atoms with Crippen molar-refractivity contribution in [3.05, 3.63) is 0 Å². The third-order valence-electron chi connectivity index (χ3n) is 8.16. The van der Waals surface area contributed by atoms with Crippen molar-refractivity contribution in [2.24, 2.45) is 0 Å². The van der Waals surface area contributed by atoms with Crippen LogP contribution in [0.1, 0.15) is 26.7 Å². The van der Waals surface area contributed by atoms with Gasteiger partial charge in [-0.05, 0) is 13.8 Å². The average Bonchev–Trinajstić information content (AvgIpc) is 3.21.